The van der Waals surface area contributed by atoms with E-state index in [1.165, 1.54) is 0 Å². The second kappa shape index (κ2) is 8.95. The third-order valence-electron chi connectivity index (χ3n) is 3.17. The third-order valence-corrected chi connectivity index (χ3v) is 8.51. The van der Waals surface area contributed by atoms with Crippen LogP contribution in [0.3, 0.4) is 0 Å². The molecule has 1 aromatic carbocycles. The SMILES string of the molecule is CN(S(=O)(=O)C(F)(F)F)[S+](=O)(c1ccccc1)C(F)(C(F)(F)F)C(F)(F)F.F[B-](F)(F)F. The van der Waals surface area contributed by atoms with Crippen LogP contribution in [0.2, 0.25) is 0 Å². The maximum atomic E-state index is 14.5. The molecule has 0 N–H and O–H groups in total. The van der Waals surface area contributed by atoms with Crippen LogP contribution in [0.4, 0.5) is 61.2 Å². The van der Waals surface area contributed by atoms with E-state index in [0.717, 1.165) is 6.07 Å². The Hall–Kier alpha value is -1.64. The van der Waals surface area contributed by atoms with E-state index in [9.17, 15) is 73.8 Å². The van der Waals surface area contributed by atoms with Gasteiger partial charge in [0.2, 0.25) is 0 Å². The van der Waals surface area contributed by atoms with Crippen LogP contribution in [0.1, 0.15) is 0 Å². The first kappa shape index (κ1) is 30.4. The maximum absolute atomic E-state index is 14.5. The molecule has 0 aliphatic heterocycles. The summed E-state index contributed by atoms with van der Waals surface area (Å²) in [6.07, 6.45) is -14.2. The number of halogens is 14. The van der Waals surface area contributed by atoms with Gasteiger partial charge in [-0.3, -0.25) is 0 Å². The normalized spacial score (nSPS) is 16.2. The van der Waals surface area contributed by atoms with E-state index >= 15 is 0 Å². The van der Waals surface area contributed by atoms with Gasteiger partial charge in [-0.15, -0.1) is 0 Å². The van der Waals surface area contributed by atoms with Gasteiger partial charge in [0, 0.05) is 0 Å². The molecule has 1 atom stereocenters. The summed E-state index contributed by atoms with van der Waals surface area (Å²) < 4.78 is 204. The van der Waals surface area contributed by atoms with Gasteiger partial charge in [-0.1, -0.05) is 22.4 Å². The zero-order valence-electron chi connectivity index (χ0n) is 14.7. The molecule has 1 rings (SSSR count). The summed E-state index contributed by atoms with van der Waals surface area (Å²) in [7, 11) is -20.4. The molecule has 1 aromatic rings. The van der Waals surface area contributed by atoms with Gasteiger partial charge in [0.05, 0.1) is 7.05 Å². The summed E-state index contributed by atoms with van der Waals surface area (Å²) in [6, 6.07) is 2.57. The van der Waals surface area contributed by atoms with Crippen LogP contribution in [0.5, 0.6) is 0 Å². The summed E-state index contributed by atoms with van der Waals surface area (Å²) in [5, 5.41) is -6.85. The minimum absolute atomic E-state index is 0.177. The molecule has 0 aliphatic carbocycles. The van der Waals surface area contributed by atoms with Crippen molar-refractivity contribution in [3.05, 3.63) is 30.3 Å². The first-order valence-electron chi connectivity index (χ1n) is 7.10. The minimum atomic E-state index is -7.09. The molecule has 0 spiro atoms. The molecule has 0 aromatic heterocycles. The molecule has 188 valence electrons. The van der Waals surface area contributed by atoms with Crippen LogP contribution in [-0.2, 0) is 24.4 Å². The quantitative estimate of drug-likeness (QED) is 0.293. The van der Waals surface area contributed by atoms with E-state index in [1.807, 2.05) is 0 Å². The topological polar surface area (TPSA) is 54.5 Å². The van der Waals surface area contributed by atoms with Gasteiger partial charge in [0.15, 0.2) is 4.90 Å². The van der Waals surface area contributed by atoms with Gasteiger partial charge in [-0.05, 0) is 15.8 Å². The Bertz CT molecular complexity index is 902. The van der Waals surface area contributed by atoms with Crippen molar-refractivity contribution in [1.29, 1.82) is 0 Å². The molecule has 32 heavy (non-hydrogen) atoms. The molecular formula is C11H8BF14NO3S2. The zero-order valence-corrected chi connectivity index (χ0v) is 16.4. The largest absolute Gasteiger partial charge is 0.673 e. The van der Waals surface area contributed by atoms with Crippen LogP contribution in [-0.4, -0.2) is 49.3 Å². The molecule has 1 unspecified atom stereocenters. The molecule has 0 amide bonds. The lowest BCUT2D eigenvalue weighted by Crippen LogP contribution is -2.66. The van der Waals surface area contributed by atoms with Crippen LogP contribution < -0.4 is 0 Å². The molecule has 0 saturated heterocycles. The fourth-order valence-electron chi connectivity index (χ4n) is 1.85. The average molecular weight is 543 g/mol. The predicted molar refractivity (Wildman–Crippen MR) is 81.6 cm³/mol. The fraction of sp³-hybridized carbons (Fsp3) is 0.455. The van der Waals surface area contributed by atoms with Crippen molar-refractivity contribution in [3.8, 4) is 0 Å². The first-order chi connectivity index (χ1) is 13.8. The van der Waals surface area contributed by atoms with E-state index in [1.54, 1.807) is 0 Å². The van der Waals surface area contributed by atoms with Crippen molar-refractivity contribution in [2.75, 3.05) is 7.05 Å². The fourth-order valence-corrected chi connectivity index (χ4v) is 6.20. The van der Waals surface area contributed by atoms with Crippen LogP contribution in [0.15, 0.2) is 35.2 Å². The van der Waals surface area contributed by atoms with Gasteiger partial charge in [0.25, 0.3) is 10.1 Å². The highest BCUT2D eigenvalue weighted by molar-refractivity contribution is 8.11. The number of benzene rings is 1. The van der Waals surface area contributed by atoms with Crippen molar-refractivity contribution >= 4 is 27.4 Å². The highest BCUT2D eigenvalue weighted by Gasteiger charge is 2.90. The van der Waals surface area contributed by atoms with Crippen LogP contribution >= 0.6 is 0 Å². The second-order valence-corrected chi connectivity index (χ2v) is 10.1. The molecule has 0 radical (unpaired) electrons. The maximum Gasteiger partial charge on any atom is 0.673 e. The Morgan fingerprint density at radius 3 is 1.34 bits per heavy atom. The predicted octanol–water partition coefficient (Wildman–Crippen LogP) is 5.33. The first-order valence-corrected chi connectivity index (χ1v) is 10.1. The van der Waals surface area contributed by atoms with Crippen molar-refractivity contribution in [2.45, 2.75) is 27.8 Å². The summed E-state index contributed by atoms with van der Waals surface area (Å²) in [6.45, 7) is 0. The highest BCUT2D eigenvalue weighted by atomic mass is 32.3. The van der Waals surface area contributed by atoms with Gasteiger partial charge >= 0.3 is 40.1 Å². The number of hydrogen-bond acceptors (Lipinski definition) is 3. The van der Waals surface area contributed by atoms with Gasteiger partial charge in [-0.2, -0.15) is 52.3 Å². The highest BCUT2D eigenvalue weighted by Crippen LogP contribution is 2.57. The van der Waals surface area contributed by atoms with Crippen molar-refractivity contribution < 1.29 is 73.8 Å². The molecule has 0 aliphatic rings. The van der Waals surface area contributed by atoms with Crippen molar-refractivity contribution in [3.63, 3.8) is 0 Å². The minimum Gasteiger partial charge on any atom is -0.418 e. The number of nitrogens with zero attached hydrogens (tertiary/aromatic N) is 1. The lowest BCUT2D eigenvalue weighted by Gasteiger charge is -2.33. The van der Waals surface area contributed by atoms with E-state index in [-0.39, 0.29) is 12.1 Å². The average Bonchev–Trinajstić information content (AvgIpc) is 2.55. The Labute approximate surface area is 170 Å². The van der Waals surface area contributed by atoms with E-state index in [0.29, 0.717) is 12.1 Å². The van der Waals surface area contributed by atoms with Gasteiger partial charge < -0.3 is 17.3 Å². The number of rotatable bonds is 4. The van der Waals surface area contributed by atoms with E-state index in [2.05, 4.69) is 0 Å². The number of sulfonamides is 1. The Morgan fingerprint density at radius 2 is 1.09 bits per heavy atom. The van der Waals surface area contributed by atoms with E-state index < -0.39 is 65.9 Å². The lowest BCUT2D eigenvalue weighted by molar-refractivity contribution is -0.306. The third kappa shape index (κ3) is 5.83. The van der Waals surface area contributed by atoms with Gasteiger partial charge in [-0.25, -0.2) is 0 Å². The van der Waals surface area contributed by atoms with E-state index in [4.69, 9.17) is 0 Å². The summed E-state index contributed by atoms with van der Waals surface area (Å²) in [4.78, 5) is -1.77. The molecule has 0 bridgehead atoms. The molecule has 0 saturated carbocycles. The zero-order chi connectivity index (χ0) is 26.2. The number of hydrogen-bond donors (Lipinski definition) is 0. The molecule has 4 nitrogen and oxygen atoms in total. The number of alkyl halides is 10. The molecule has 0 heterocycles. The standard InChI is InChI=1S/C11H8F10NO3S2.BF4/c1-22(27(24,25)11(19,20)21)26(23,7-5-3-2-4-6-7)8(12,9(13,14)15)10(16,17)18;2-1(3,4)5/h2-6H,1H3;/q+1;-1. The Morgan fingerprint density at radius 1 is 0.781 bits per heavy atom. The van der Waals surface area contributed by atoms with Crippen molar-refractivity contribution in [2.24, 2.45) is 0 Å². The lowest BCUT2D eigenvalue weighted by atomic mass is 10.3. The monoisotopic (exact) mass is 543 g/mol. The van der Waals surface area contributed by atoms with Crippen LogP contribution in [0.25, 0.3) is 0 Å². The molecule has 0 fully saturated rings. The Kier molecular flexibility index (Phi) is 8.50. The molecule has 21 heteroatoms. The second-order valence-electron chi connectivity index (χ2n) is 5.29. The van der Waals surface area contributed by atoms with Crippen LogP contribution in [0, 0.1) is 0 Å². The summed E-state index contributed by atoms with van der Waals surface area (Å²) >= 11 is 0. The molecular weight excluding hydrogens is 535 g/mol. The Balaban J connectivity index is 0.00000172. The smallest absolute Gasteiger partial charge is 0.418 e. The van der Waals surface area contributed by atoms with Crippen molar-refractivity contribution in [1.82, 2.24) is 3.71 Å². The summed E-state index contributed by atoms with van der Waals surface area (Å²) in [5.74, 6) is 0. The summed E-state index contributed by atoms with van der Waals surface area (Å²) in [5.41, 5.74) is -6.46. The van der Waals surface area contributed by atoms with Gasteiger partial charge in [0.1, 0.15) is 0 Å².